The summed E-state index contributed by atoms with van der Waals surface area (Å²) in [7, 11) is 3.35. The molecule has 0 unspecified atom stereocenters. The lowest BCUT2D eigenvalue weighted by atomic mass is 10.1. The molecule has 0 aliphatic rings. The van der Waals surface area contributed by atoms with Crippen LogP contribution in [0.4, 0.5) is 5.69 Å². The summed E-state index contributed by atoms with van der Waals surface area (Å²) in [5.74, 6) is 1.12. The molecule has 0 spiro atoms. The van der Waals surface area contributed by atoms with Crippen molar-refractivity contribution in [1.82, 2.24) is 10.6 Å². The van der Waals surface area contributed by atoms with E-state index in [2.05, 4.69) is 16.0 Å². The second-order valence-corrected chi connectivity index (χ2v) is 7.03. The first-order valence-corrected chi connectivity index (χ1v) is 10.4. The van der Waals surface area contributed by atoms with Crippen molar-refractivity contribution in [2.45, 2.75) is 6.42 Å². The molecule has 3 aromatic rings. The van der Waals surface area contributed by atoms with E-state index in [1.807, 2.05) is 37.4 Å². The Balaban J connectivity index is 1.67. The molecule has 2 amide bonds. The molecule has 0 aromatic heterocycles. The minimum absolute atomic E-state index is 0.221. The number of amides is 2. The van der Waals surface area contributed by atoms with Gasteiger partial charge in [0, 0.05) is 23.9 Å². The van der Waals surface area contributed by atoms with Crippen LogP contribution in [0.1, 0.15) is 27.1 Å². The molecule has 7 nitrogen and oxygen atoms in total. The van der Waals surface area contributed by atoms with Gasteiger partial charge in [0.05, 0.1) is 12.7 Å². The van der Waals surface area contributed by atoms with Gasteiger partial charge in [-0.25, -0.2) is 0 Å². The Kier molecular flexibility index (Phi) is 8.22. The molecule has 3 N–H and O–H groups in total. The molecule has 0 saturated heterocycles. The monoisotopic (exact) mass is 433 g/mol. The predicted molar refractivity (Wildman–Crippen MR) is 125 cm³/mol. The van der Waals surface area contributed by atoms with Crippen LogP contribution in [0.2, 0.25) is 0 Å². The number of carbonyl (C=O) groups is 2. The first kappa shape index (κ1) is 22.8. The Morgan fingerprint density at radius 1 is 0.844 bits per heavy atom. The highest BCUT2D eigenvalue weighted by molar-refractivity contribution is 6.05. The van der Waals surface area contributed by atoms with Crippen LogP contribution in [0.15, 0.2) is 72.8 Å². The molecule has 7 heteroatoms. The summed E-state index contributed by atoms with van der Waals surface area (Å²) in [5, 5.41) is 8.73. The van der Waals surface area contributed by atoms with Crippen LogP contribution in [-0.4, -0.2) is 39.1 Å². The van der Waals surface area contributed by atoms with Gasteiger partial charge in [-0.05, 0) is 62.5 Å². The van der Waals surface area contributed by atoms with Gasteiger partial charge < -0.3 is 25.4 Å². The summed E-state index contributed by atoms with van der Waals surface area (Å²) in [6.07, 6.45) is 0.825. The third kappa shape index (κ3) is 6.33. The minimum atomic E-state index is -0.296. The highest BCUT2D eigenvalue weighted by atomic mass is 16.5. The molecule has 0 bridgehead atoms. The summed E-state index contributed by atoms with van der Waals surface area (Å²) in [6, 6.07) is 21.2. The van der Waals surface area contributed by atoms with Gasteiger partial charge in [0.25, 0.3) is 11.8 Å². The van der Waals surface area contributed by atoms with Crippen molar-refractivity contribution in [3.05, 3.63) is 83.9 Å². The van der Waals surface area contributed by atoms with Crippen LogP contribution in [-0.2, 0) is 0 Å². The number of anilines is 1. The Bertz CT molecular complexity index is 1050. The lowest BCUT2D eigenvalue weighted by Crippen LogP contribution is -2.27. The SMILES string of the molecule is CNCCCNC(=O)c1ccc(NC(=O)c2cccc(Oc3ccccc3)c2)cc1OC. The summed E-state index contributed by atoms with van der Waals surface area (Å²) >= 11 is 0. The van der Waals surface area contributed by atoms with Crippen molar-refractivity contribution < 1.29 is 19.1 Å². The van der Waals surface area contributed by atoms with Gasteiger partial charge >= 0.3 is 0 Å². The summed E-state index contributed by atoms with van der Waals surface area (Å²) in [6.45, 7) is 1.38. The standard InChI is InChI=1S/C25H27N3O4/c1-26-14-7-15-27-25(30)22-13-12-19(17-23(22)31-2)28-24(29)18-8-6-11-21(16-18)32-20-9-4-3-5-10-20/h3-6,8-13,16-17,26H,7,14-15H2,1-2H3,(H,27,30)(H,28,29). The lowest BCUT2D eigenvalue weighted by Gasteiger charge is -2.12. The molecule has 0 heterocycles. The Morgan fingerprint density at radius 3 is 2.38 bits per heavy atom. The van der Waals surface area contributed by atoms with Gasteiger partial charge in [-0.3, -0.25) is 9.59 Å². The largest absolute Gasteiger partial charge is 0.496 e. The molecule has 0 atom stereocenters. The third-order valence-corrected chi connectivity index (χ3v) is 4.67. The molecular formula is C25H27N3O4. The average Bonchev–Trinajstić information content (AvgIpc) is 2.82. The molecule has 0 fully saturated rings. The first-order valence-electron chi connectivity index (χ1n) is 10.4. The molecule has 0 aliphatic heterocycles. The Labute approximate surface area is 187 Å². The number of ether oxygens (including phenoxy) is 2. The van der Waals surface area contributed by atoms with E-state index < -0.39 is 0 Å². The van der Waals surface area contributed by atoms with E-state index in [1.54, 1.807) is 42.5 Å². The van der Waals surface area contributed by atoms with Crippen molar-refractivity contribution in [1.29, 1.82) is 0 Å². The number of hydrogen-bond donors (Lipinski definition) is 3. The molecule has 3 aromatic carbocycles. The van der Waals surface area contributed by atoms with Gasteiger partial charge in [0.1, 0.15) is 17.2 Å². The fraction of sp³-hybridized carbons (Fsp3) is 0.200. The zero-order valence-electron chi connectivity index (χ0n) is 18.2. The van der Waals surface area contributed by atoms with E-state index in [0.717, 1.165) is 13.0 Å². The van der Waals surface area contributed by atoms with Crippen LogP contribution in [0.25, 0.3) is 0 Å². The maximum atomic E-state index is 12.7. The number of methoxy groups -OCH3 is 1. The van der Waals surface area contributed by atoms with E-state index >= 15 is 0 Å². The van der Waals surface area contributed by atoms with Crippen LogP contribution in [0, 0.1) is 0 Å². The van der Waals surface area contributed by atoms with E-state index in [0.29, 0.717) is 40.6 Å². The number of para-hydroxylation sites is 1. The smallest absolute Gasteiger partial charge is 0.255 e. The van der Waals surface area contributed by atoms with Crippen molar-refractivity contribution in [3.8, 4) is 17.2 Å². The molecule has 0 aliphatic carbocycles. The highest BCUT2D eigenvalue weighted by Gasteiger charge is 2.14. The fourth-order valence-electron chi connectivity index (χ4n) is 3.05. The molecule has 32 heavy (non-hydrogen) atoms. The minimum Gasteiger partial charge on any atom is -0.496 e. The van der Waals surface area contributed by atoms with E-state index in [9.17, 15) is 9.59 Å². The maximum absolute atomic E-state index is 12.7. The van der Waals surface area contributed by atoms with Crippen LogP contribution >= 0.6 is 0 Å². The van der Waals surface area contributed by atoms with Crippen molar-refractivity contribution in [3.63, 3.8) is 0 Å². The van der Waals surface area contributed by atoms with Crippen LogP contribution < -0.4 is 25.4 Å². The van der Waals surface area contributed by atoms with Crippen LogP contribution in [0.5, 0.6) is 17.2 Å². The van der Waals surface area contributed by atoms with Gasteiger partial charge in [0.15, 0.2) is 0 Å². The third-order valence-electron chi connectivity index (χ3n) is 4.67. The number of carbonyl (C=O) groups excluding carboxylic acids is 2. The molecule has 3 rings (SSSR count). The number of hydrogen-bond acceptors (Lipinski definition) is 5. The summed E-state index contributed by atoms with van der Waals surface area (Å²) in [5.41, 5.74) is 1.38. The van der Waals surface area contributed by atoms with Gasteiger partial charge in [-0.15, -0.1) is 0 Å². The lowest BCUT2D eigenvalue weighted by molar-refractivity contribution is 0.0949. The number of nitrogens with one attached hydrogen (secondary N) is 3. The van der Waals surface area contributed by atoms with Crippen molar-refractivity contribution >= 4 is 17.5 Å². The zero-order valence-corrected chi connectivity index (χ0v) is 18.2. The average molecular weight is 434 g/mol. The predicted octanol–water partition coefficient (Wildman–Crippen LogP) is 4.08. The van der Waals surface area contributed by atoms with Crippen molar-refractivity contribution in [2.75, 3.05) is 32.6 Å². The Morgan fingerprint density at radius 2 is 1.62 bits per heavy atom. The second kappa shape index (κ2) is 11.5. The number of benzene rings is 3. The van der Waals surface area contributed by atoms with E-state index in [4.69, 9.17) is 9.47 Å². The normalized spacial score (nSPS) is 10.3. The molecule has 166 valence electrons. The topological polar surface area (TPSA) is 88.7 Å². The van der Waals surface area contributed by atoms with Gasteiger partial charge in [0.2, 0.25) is 0 Å². The first-order chi connectivity index (χ1) is 15.6. The van der Waals surface area contributed by atoms with Gasteiger partial charge in [-0.2, -0.15) is 0 Å². The maximum Gasteiger partial charge on any atom is 0.255 e. The van der Waals surface area contributed by atoms with Gasteiger partial charge in [-0.1, -0.05) is 24.3 Å². The van der Waals surface area contributed by atoms with Crippen molar-refractivity contribution in [2.24, 2.45) is 0 Å². The highest BCUT2D eigenvalue weighted by Crippen LogP contribution is 2.25. The molecular weight excluding hydrogens is 406 g/mol. The summed E-state index contributed by atoms with van der Waals surface area (Å²) < 4.78 is 11.2. The van der Waals surface area contributed by atoms with E-state index in [-0.39, 0.29) is 11.8 Å². The molecule has 0 saturated carbocycles. The van der Waals surface area contributed by atoms with E-state index in [1.165, 1.54) is 7.11 Å². The second-order valence-electron chi connectivity index (χ2n) is 7.03. The van der Waals surface area contributed by atoms with Crippen LogP contribution in [0.3, 0.4) is 0 Å². The Hall–Kier alpha value is -3.84. The summed E-state index contributed by atoms with van der Waals surface area (Å²) in [4.78, 5) is 25.2. The quantitative estimate of drug-likeness (QED) is 0.419. The molecule has 0 radical (unpaired) electrons. The fourth-order valence-corrected chi connectivity index (χ4v) is 3.05. The zero-order chi connectivity index (χ0) is 22.8. The number of rotatable bonds is 10.